The van der Waals surface area contributed by atoms with Crippen LogP contribution in [-0.2, 0) is 16.1 Å². The summed E-state index contributed by atoms with van der Waals surface area (Å²) in [7, 11) is 0. The number of hydrogen-bond acceptors (Lipinski definition) is 4. The summed E-state index contributed by atoms with van der Waals surface area (Å²) in [5.74, 6) is 0.523. The van der Waals surface area contributed by atoms with Crippen molar-refractivity contribution in [2.24, 2.45) is 5.92 Å². The molecule has 1 aromatic rings. The summed E-state index contributed by atoms with van der Waals surface area (Å²) in [6.45, 7) is 8.66. The van der Waals surface area contributed by atoms with E-state index in [1.165, 1.54) is 0 Å². The molecule has 0 aliphatic carbocycles. The molecule has 0 fully saturated rings. The molecular formula is C13H21NO3. The maximum Gasteiger partial charge on any atom is 0.310 e. The molecule has 0 aromatic carbocycles. The van der Waals surface area contributed by atoms with Crippen molar-refractivity contribution in [1.82, 2.24) is 5.32 Å². The second-order valence-electron chi connectivity index (χ2n) is 5.14. The molecular weight excluding hydrogens is 218 g/mol. The van der Waals surface area contributed by atoms with Gasteiger partial charge in [-0.25, -0.2) is 0 Å². The van der Waals surface area contributed by atoms with Crippen molar-refractivity contribution in [3.05, 3.63) is 24.2 Å². The summed E-state index contributed by atoms with van der Waals surface area (Å²) in [6.07, 6.45) is 1.63. The maximum atomic E-state index is 11.7. The highest BCUT2D eigenvalue weighted by Gasteiger charge is 2.21. The lowest BCUT2D eigenvalue weighted by atomic mass is 10.1. The Balaban J connectivity index is 2.25. The Kier molecular flexibility index (Phi) is 4.75. The molecule has 0 unspecified atom stereocenters. The van der Waals surface area contributed by atoms with Crippen LogP contribution in [0.2, 0.25) is 0 Å². The minimum absolute atomic E-state index is 0.163. The van der Waals surface area contributed by atoms with Crippen molar-refractivity contribution in [3.8, 4) is 0 Å². The molecule has 1 aromatic heterocycles. The lowest BCUT2D eigenvalue weighted by molar-refractivity contribution is -0.159. The number of nitrogens with one attached hydrogen (secondary N) is 1. The summed E-state index contributed by atoms with van der Waals surface area (Å²) in [5.41, 5.74) is -0.424. The number of carbonyl (C=O) groups is 1. The lowest BCUT2D eigenvalue weighted by Gasteiger charge is -2.22. The third-order valence-corrected chi connectivity index (χ3v) is 2.14. The molecule has 4 nitrogen and oxygen atoms in total. The van der Waals surface area contributed by atoms with E-state index in [4.69, 9.17) is 9.15 Å². The Labute approximate surface area is 102 Å². The first kappa shape index (κ1) is 13.8. The Morgan fingerprint density at radius 3 is 2.76 bits per heavy atom. The monoisotopic (exact) mass is 239 g/mol. The van der Waals surface area contributed by atoms with Gasteiger partial charge in [-0.2, -0.15) is 0 Å². The molecule has 0 bridgehead atoms. The maximum absolute atomic E-state index is 11.7. The van der Waals surface area contributed by atoms with Crippen molar-refractivity contribution in [2.45, 2.75) is 39.8 Å². The molecule has 17 heavy (non-hydrogen) atoms. The zero-order chi connectivity index (χ0) is 12.9. The molecule has 96 valence electrons. The summed E-state index contributed by atoms with van der Waals surface area (Å²) < 4.78 is 10.5. The van der Waals surface area contributed by atoms with E-state index < -0.39 is 5.60 Å². The Hall–Kier alpha value is -1.29. The Morgan fingerprint density at radius 1 is 1.53 bits per heavy atom. The predicted octanol–water partition coefficient (Wildman–Crippen LogP) is 2.35. The minimum atomic E-state index is -0.424. The van der Waals surface area contributed by atoms with Gasteiger partial charge < -0.3 is 14.5 Å². The molecule has 1 atom stereocenters. The van der Waals surface area contributed by atoms with Gasteiger partial charge in [0.2, 0.25) is 0 Å². The van der Waals surface area contributed by atoms with E-state index in [-0.39, 0.29) is 11.9 Å². The first-order chi connectivity index (χ1) is 7.88. The summed E-state index contributed by atoms with van der Waals surface area (Å²) in [5, 5.41) is 3.16. The molecule has 1 rings (SSSR count). The smallest absolute Gasteiger partial charge is 0.310 e. The van der Waals surface area contributed by atoms with Crippen molar-refractivity contribution in [3.63, 3.8) is 0 Å². The summed E-state index contributed by atoms with van der Waals surface area (Å²) >= 11 is 0. The SMILES string of the molecule is C[C@@H](CNCc1ccco1)C(=O)OC(C)(C)C. The van der Waals surface area contributed by atoms with E-state index in [1.54, 1.807) is 6.26 Å². The van der Waals surface area contributed by atoms with Crippen LogP contribution in [0.15, 0.2) is 22.8 Å². The van der Waals surface area contributed by atoms with Crippen LogP contribution < -0.4 is 5.32 Å². The van der Waals surface area contributed by atoms with Gasteiger partial charge in [-0.15, -0.1) is 0 Å². The van der Waals surface area contributed by atoms with Crippen molar-refractivity contribution >= 4 is 5.97 Å². The normalized spacial score (nSPS) is 13.4. The molecule has 0 amide bonds. The van der Waals surface area contributed by atoms with Gasteiger partial charge in [-0.1, -0.05) is 6.92 Å². The third-order valence-electron chi connectivity index (χ3n) is 2.14. The highest BCUT2D eigenvalue weighted by Crippen LogP contribution is 2.10. The van der Waals surface area contributed by atoms with E-state index in [2.05, 4.69) is 5.32 Å². The molecule has 0 aliphatic heterocycles. The molecule has 0 saturated heterocycles. The number of hydrogen-bond donors (Lipinski definition) is 1. The number of ether oxygens (including phenoxy) is 1. The topological polar surface area (TPSA) is 51.5 Å². The lowest BCUT2D eigenvalue weighted by Crippen LogP contribution is -2.32. The van der Waals surface area contributed by atoms with Crippen molar-refractivity contribution < 1.29 is 13.9 Å². The molecule has 1 heterocycles. The third kappa shape index (κ3) is 5.54. The first-order valence-electron chi connectivity index (χ1n) is 5.84. The first-order valence-corrected chi connectivity index (χ1v) is 5.84. The largest absolute Gasteiger partial charge is 0.468 e. The number of carbonyl (C=O) groups excluding carboxylic acids is 1. The molecule has 0 radical (unpaired) electrons. The van der Waals surface area contributed by atoms with Gasteiger partial charge in [-0.3, -0.25) is 4.79 Å². The quantitative estimate of drug-likeness (QED) is 0.801. The fourth-order valence-electron chi connectivity index (χ4n) is 1.31. The number of esters is 1. The fourth-order valence-corrected chi connectivity index (χ4v) is 1.31. The Morgan fingerprint density at radius 2 is 2.24 bits per heavy atom. The van der Waals surface area contributed by atoms with Crippen LogP contribution in [0, 0.1) is 5.92 Å². The van der Waals surface area contributed by atoms with Crippen LogP contribution in [-0.4, -0.2) is 18.1 Å². The van der Waals surface area contributed by atoms with Crippen molar-refractivity contribution in [2.75, 3.05) is 6.54 Å². The number of rotatable bonds is 5. The van der Waals surface area contributed by atoms with Gasteiger partial charge in [-0.05, 0) is 32.9 Å². The molecule has 0 spiro atoms. The standard InChI is InChI=1S/C13H21NO3/c1-10(12(15)17-13(2,3)4)8-14-9-11-6-5-7-16-11/h5-7,10,14H,8-9H2,1-4H3/t10-/m0/s1. The molecule has 4 heteroatoms. The van der Waals surface area contributed by atoms with Gasteiger partial charge in [0.25, 0.3) is 0 Å². The average Bonchev–Trinajstić information content (AvgIpc) is 2.67. The van der Waals surface area contributed by atoms with Crippen LogP contribution in [0.5, 0.6) is 0 Å². The highest BCUT2D eigenvalue weighted by molar-refractivity contribution is 5.72. The summed E-state index contributed by atoms with van der Waals surface area (Å²) in [6, 6.07) is 3.74. The van der Waals surface area contributed by atoms with Crippen molar-refractivity contribution in [1.29, 1.82) is 0 Å². The highest BCUT2D eigenvalue weighted by atomic mass is 16.6. The van der Waals surface area contributed by atoms with Crippen LogP contribution in [0.1, 0.15) is 33.5 Å². The predicted molar refractivity (Wildman–Crippen MR) is 65.4 cm³/mol. The molecule has 0 saturated carbocycles. The van der Waals surface area contributed by atoms with Crippen LogP contribution in [0.4, 0.5) is 0 Å². The summed E-state index contributed by atoms with van der Waals surface area (Å²) in [4.78, 5) is 11.7. The zero-order valence-corrected chi connectivity index (χ0v) is 10.9. The second-order valence-corrected chi connectivity index (χ2v) is 5.14. The zero-order valence-electron chi connectivity index (χ0n) is 10.9. The molecule has 0 aliphatic rings. The second kappa shape index (κ2) is 5.87. The van der Waals surface area contributed by atoms with Crippen LogP contribution in [0.25, 0.3) is 0 Å². The average molecular weight is 239 g/mol. The van der Waals surface area contributed by atoms with E-state index in [0.717, 1.165) is 5.76 Å². The molecule has 1 N–H and O–H groups in total. The minimum Gasteiger partial charge on any atom is -0.468 e. The van der Waals surface area contributed by atoms with Gasteiger partial charge in [0.15, 0.2) is 0 Å². The van der Waals surface area contributed by atoms with Gasteiger partial charge >= 0.3 is 5.97 Å². The Bertz CT molecular complexity index is 338. The van der Waals surface area contributed by atoms with Crippen LogP contribution >= 0.6 is 0 Å². The van der Waals surface area contributed by atoms with E-state index >= 15 is 0 Å². The fraction of sp³-hybridized carbons (Fsp3) is 0.615. The van der Waals surface area contributed by atoms with Gasteiger partial charge in [0.05, 0.1) is 18.7 Å². The van der Waals surface area contributed by atoms with Gasteiger partial charge in [0.1, 0.15) is 11.4 Å². The number of furan rings is 1. The van der Waals surface area contributed by atoms with Crippen LogP contribution in [0.3, 0.4) is 0 Å². The van der Waals surface area contributed by atoms with E-state index in [1.807, 2.05) is 39.8 Å². The van der Waals surface area contributed by atoms with E-state index in [0.29, 0.717) is 13.1 Å². The van der Waals surface area contributed by atoms with Gasteiger partial charge in [0, 0.05) is 6.54 Å². The van der Waals surface area contributed by atoms with E-state index in [9.17, 15) is 4.79 Å².